The van der Waals surface area contributed by atoms with Crippen LogP contribution in [0.5, 0.6) is 0 Å². The highest BCUT2D eigenvalue weighted by molar-refractivity contribution is 5.43. The van der Waals surface area contributed by atoms with E-state index in [1.807, 2.05) is 26.4 Å². The first-order chi connectivity index (χ1) is 11.8. The Bertz CT molecular complexity index is 604. The van der Waals surface area contributed by atoms with Gasteiger partial charge < -0.3 is 10.6 Å². The number of anilines is 2. The number of pyridine rings is 1. The molecule has 3 rings (SSSR count). The van der Waals surface area contributed by atoms with Crippen molar-refractivity contribution in [2.24, 2.45) is 5.92 Å². The summed E-state index contributed by atoms with van der Waals surface area (Å²) in [6.07, 6.45) is 8.82. The summed E-state index contributed by atoms with van der Waals surface area (Å²) in [6.45, 7) is 3.19. The highest BCUT2D eigenvalue weighted by Gasteiger charge is 2.22. The van der Waals surface area contributed by atoms with Gasteiger partial charge >= 0.3 is 0 Å². The van der Waals surface area contributed by atoms with Crippen LogP contribution in [0.15, 0.2) is 30.7 Å². The van der Waals surface area contributed by atoms with Crippen LogP contribution < -0.4 is 10.6 Å². The van der Waals surface area contributed by atoms with Crippen LogP contribution in [0.4, 0.5) is 11.6 Å². The maximum Gasteiger partial charge on any atom is 0.147 e. The lowest BCUT2D eigenvalue weighted by molar-refractivity contribution is 0.166. The second-order valence-electron chi connectivity index (χ2n) is 6.31. The SMILES string of the molecule is CNc1ncccc1CN1CCC[C@@H](Cc2nccnc2NC)C1. The number of piperidine rings is 1. The molecule has 1 saturated heterocycles. The number of hydrogen-bond donors (Lipinski definition) is 2. The molecule has 0 amide bonds. The molecule has 6 nitrogen and oxygen atoms in total. The zero-order valence-electron chi connectivity index (χ0n) is 14.5. The van der Waals surface area contributed by atoms with Crippen molar-refractivity contribution in [1.29, 1.82) is 0 Å². The quantitative estimate of drug-likeness (QED) is 0.850. The number of likely N-dealkylation sites (tertiary alicyclic amines) is 1. The van der Waals surface area contributed by atoms with Gasteiger partial charge in [0.1, 0.15) is 11.6 Å². The smallest absolute Gasteiger partial charge is 0.147 e. The highest BCUT2D eigenvalue weighted by Crippen LogP contribution is 2.24. The van der Waals surface area contributed by atoms with Gasteiger partial charge in [-0.05, 0) is 37.8 Å². The molecule has 0 radical (unpaired) electrons. The van der Waals surface area contributed by atoms with E-state index in [-0.39, 0.29) is 0 Å². The Morgan fingerprint density at radius 1 is 1.08 bits per heavy atom. The standard InChI is InChI=1S/C18H26N6/c1-19-17-15(6-3-7-22-17)13-24-10-4-5-14(12-24)11-16-18(20-2)23-9-8-21-16/h3,6-9,14H,4-5,10-13H2,1-2H3,(H,19,22)(H,20,23)/t14-/m0/s1. The molecule has 6 heteroatoms. The Labute approximate surface area is 143 Å². The van der Waals surface area contributed by atoms with Crippen LogP contribution in [-0.4, -0.2) is 47.0 Å². The minimum atomic E-state index is 0.622. The molecule has 0 bridgehead atoms. The summed E-state index contributed by atoms with van der Waals surface area (Å²) in [5, 5.41) is 6.33. The van der Waals surface area contributed by atoms with E-state index >= 15 is 0 Å². The second-order valence-corrected chi connectivity index (χ2v) is 6.31. The summed E-state index contributed by atoms with van der Waals surface area (Å²) < 4.78 is 0. The number of aromatic nitrogens is 3. The molecular weight excluding hydrogens is 300 g/mol. The first-order valence-electron chi connectivity index (χ1n) is 8.61. The van der Waals surface area contributed by atoms with Gasteiger partial charge in [0.25, 0.3) is 0 Å². The molecular formula is C18H26N6. The molecule has 1 aliphatic heterocycles. The zero-order chi connectivity index (χ0) is 16.8. The Morgan fingerprint density at radius 3 is 2.71 bits per heavy atom. The molecule has 128 valence electrons. The highest BCUT2D eigenvalue weighted by atomic mass is 15.1. The lowest BCUT2D eigenvalue weighted by atomic mass is 9.93. The third-order valence-corrected chi connectivity index (χ3v) is 4.62. The van der Waals surface area contributed by atoms with Crippen LogP contribution in [0.25, 0.3) is 0 Å². The summed E-state index contributed by atoms with van der Waals surface area (Å²) in [4.78, 5) is 15.8. The minimum Gasteiger partial charge on any atom is -0.373 e. The minimum absolute atomic E-state index is 0.622. The topological polar surface area (TPSA) is 66.0 Å². The zero-order valence-corrected chi connectivity index (χ0v) is 14.5. The maximum absolute atomic E-state index is 4.52. The van der Waals surface area contributed by atoms with E-state index in [0.29, 0.717) is 5.92 Å². The van der Waals surface area contributed by atoms with Gasteiger partial charge in [-0.2, -0.15) is 0 Å². The van der Waals surface area contributed by atoms with Gasteiger partial charge in [0.05, 0.1) is 5.69 Å². The number of hydrogen-bond acceptors (Lipinski definition) is 6. The van der Waals surface area contributed by atoms with Crippen LogP contribution in [0, 0.1) is 5.92 Å². The van der Waals surface area contributed by atoms with Gasteiger partial charge in [-0.15, -0.1) is 0 Å². The normalized spacial score (nSPS) is 18.3. The molecule has 3 heterocycles. The fraction of sp³-hybridized carbons (Fsp3) is 0.500. The molecule has 1 aliphatic rings. The van der Waals surface area contributed by atoms with E-state index in [4.69, 9.17) is 0 Å². The van der Waals surface area contributed by atoms with E-state index in [0.717, 1.165) is 43.4 Å². The molecule has 0 unspecified atom stereocenters. The van der Waals surface area contributed by atoms with Gasteiger partial charge in [0.15, 0.2) is 0 Å². The molecule has 0 spiro atoms. The van der Waals surface area contributed by atoms with Crippen molar-refractivity contribution in [2.45, 2.75) is 25.8 Å². The summed E-state index contributed by atoms with van der Waals surface area (Å²) in [6, 6.07) is 4.17. The third kappa shape index (κ3) is 4.00. The molecule has 2 aromatic rings. The first kappa shape index (κ1) is 16.6. The third-order valence-electron chi connectivity index (χ3n) is 4.62. The molecule has 2 aromatic heterocycles. The van der Waals surface area contributed by atoms with E-state index < -0.39 is 0 Å². The monoisotopic (exact) mass is 326 g/mol. The van der Waals surface area contributed by atoms with Crippen LogP contribution >= 0.6 is 0 Å². The van der Waals surface area contributed by atoms with Gasteiger partial charge in [0.2, 0.25) is 0 Å². The Kier molecular flexibility index (Phi) is 5.59. The van der Waals surface area contributed by atoms with Crippen molar-refractivity contribution in [1.82, 2.24) is 19.9 Å². The average molecular weight is 326 g/mol. The predicted molar refractivity (Wildman–Crippen MR) is 97.1 cm³/mol. The van der Waals surface area contributed by atoms with Crippen LogP contribution in [0.3, 0.4) is 0 Å². The second kappa shape index (κ2) is 8.06. The maximum atomic E-state index is 4.52. The number of nitrogens with one attached hydrogen (secondary N) is 2. The molecule has 24 heavy (non-hydrogen) atoms. The van der Waals surface area contributed by atoms with Gasteiger partial charge in [0, 0.05) is 51.3 Å². The summed E-state index contributed by atoms with van der Waals surface area (Å²) in [7, 11) is 3.83. The van der Waals surface area contributed by atoms with Crippen molar-refractivity contribution in [3.05, 3.63) is 42.0 Å². The molecule has 2 N–H and O–H groups in total. The fourth-order valence-corrected chi connectivity index (χ4v) is 3.49. The van der Waals surface area contributed by atoms with Crippen molar-refractivity contribution in [3.8, 4) is 0 Å². The van der Waals surface area contributed by atoms with Crippen LogP contribution in [-0.2, 0) is 13.0 Å². The summed E-state index contributed by atoms with van der Waals surface area (Å²) in [5.41, 5.74) is 2.33. The van der Waals surface area contributed by atoms with Crippen LogP contribution in [0.2, 0.25) is 0 Å². The molecule has 0 saturated carbocycles. The van der Waals surface area contributed by atoms with Gasteiger partial charge in [-0.3, -0.25) is 9.88 Å². The van der Waals surface area contributed by atoms with E-state index in [1.165, 1.54) is 18.4 Å². The summed E-state index contributed by atoms with van der Waals surface area (Å²) in [5.74, 6) is 2.50. The van der Waals surface area contributed by atoms with Crippen molar-refractivity contribution in [3.63, 3.8) is 0 Å². The molecule has 0 aromatic carbocycles. The van der Waals surface area contributed by atoms with Gasteiger partial charge in [-0.1, -0.05) is 6.07 Å². The number of nitrogens with zero attached hydrogens (tertiary/aromatic N) is 4. The van der Waals surface area contributed by atoms with Crippen LogP contribution in [0.1, 0.15) is 24.1 Å². The first-order valence-corrected chi connectivity index (χ1v) is 8.61. The molecule has 1 atom stereocenters. The van der Waals surface area contributed by atoms with E-state index in [2.05, 4.69) is 36.6 Å². The van der Waals surface area contributed by atoms with Crippen molar-refractivity contribution in [2.75, 3.05) is 37.8 Å². The Balaban J connectivity index is 1.64. The summed E-state index contributed by atoms with van der Waals surface area (Å²) >= 11 is 0. The lowest BCUT2D eigenvalue weighted by Crippen LogP contribution is -2.36. The molecule has 0 aliphatic carbocycles. The molecule has 1 fully saturated rings. The van der Waals surface area contributed by atoms with Crippen molar-refractivity contribution >= 4 is 11.6 Å². The Hall–Kier alpha value is -2.21. The van der Waals surface area contributed by atoms with Crippen molar-refractivity contribution < 1.29 is 0 Å². The Morgan fingerprint density at radius 2 is 1.88 bits per heavy atom. The van der Waals surface area contributed by atoms with E-state index in [9.17, 15) is 0 Å². The predicted octanol–water partition coefficient (Wildman–Crippen LogP) is 2.41. The largest absolute Gasteiger partial charge is 0.373 e. The fourth-order valence-electron chi connectivity index (χ4n) is 3.49. The lowest BCUT2D eigenvalue weighted by Gasteiger charge is -2.33. The number of rotatable bonds is 6. The van der Waals surface area contributed by atoms with Gasteiger partial charge in [-0.25, -0.2) is 9.97 Å². The average Bonchev–Trinajstić information content (AvgIpc) is 2.63. The van der Waals surface area contributed by atoms with E-state index in [1.54, 1.807) is 12.4 Å².